The summed E-state index contributed by atoms with van der Waals surface area (Å²) in [6.07, 6.45) is 3.57. The predicted molar refractivity (Wildman–Crippen MR) is 47.0 cm³/mol. The summed E-state index contributed by atoms with van der Waals surface area (Å²) in [7, 11) is 0. The number of piperidine rings is 1. The highest BCUT2D eigenvalue weighted by molar-refractivity contribution is 5.85. The molecule has 3 heteroatoms. The Morgan fingerprint density at radius 1 is 1.18 bits per heavy atom. The van der Waals surface area contributed by atoms with Crippen molar-refractivity contribution in [2.75, 3.05) is 13.1 Å². The molecule has 0 spiro atoms. The first-order chi connectivity index (χ1) is 4.88. The lowest BCUT2D eigenvalue weighted by atomic mass is 9.89. The van der Waals surface area contributed by atoms with Crippen LogP contribution in [0, 0.1) is 11.8 Å². The molecule has 66 valence electrons. The summed E-state index contributed by atoms with van der Waals surface area (Å²) in [6.45, 7) is 2.21. The van der Waals surface area contributed by atoms with Crippen molar-refractivity contribution in [3.63, 3.8) is 0 Å². The van der Waals surface area contributed by atoms with Crippen LogP contribution in [0.25, 0.3) is 0 Å². The summed E-state index contributed by atoms with van der Waals surface area (Å²) in [4.78, 5) is 0. The standard InChI is InChI=1S/C8H15NO.ClH/c10-8-2-1-6-3-4-9-5-7(6)8;/h6-10H,1-5H2;1H/t6-,7+,8-;/m0./s1. The lowest BCUT2D eigenvalue weighted by molar-refractivity contribution is 0.104. The maximum Gasteiger partial charge on any atom is 0.0583 e. The Labute approximate surface area is 73.8 Å². The molecule has 2 aliphatic rings. The summed E-state index contributed by atoms with van der Waals surface area (Å²) in [5.41, 5.74) is 0. The lowest BCUT2D eigenvalue weighted by Gasteiger charge is -2.27. The molecule has 0 radical (unpaired) electrons. The van der Waals surface area contributed by atoms with Crippen molar-refractivity contribution < 1.29 is 5.11 Å². The average Bonchev–Trinajstić information content (AvgIpc) is 2.34. The molecule has 11 heavy (non-hydrogen) atoms. The lowest BCUT2D eigenvalue weighted by Crippen LogP contribution is -2.38. The van der Waals surface area contributed by atoms with Crippen molar-refractivity contribution in [1.82, 2.24) is 5.32 Å². The van der Waals surface area contributed by atoms with Crippen LogP contribution in [0.3, 0.4) is 0 Å². The maximum atomic E-state index is 9.48. The molecule has 1 aliphatic heterocycles. The van der Waals surface area contributed by atoms with Gasteiger partial charge in [-0.25, -0.2) is 0 Å². The molecule has 2 nitrogen and oxygen atoms in total. The molecule has 1 saturated carbocycles. The van der Waals surface area contributed by atoms with Crippen LogP contribution in [-0.2, 0) is 0 Å². The topological polar surface area (TPSA) is 32.3 Å². The second-order valence-corrected chi connectivity index (χ2v) is 3.56. The summed E-state index contributed by atoms with van der Waals surface area (Å²) in [6, 6.07) is 0. The largest absolute Gasteiger partial charge is 0.393 e. The first-order valence-corrected chi connectivity index (χ1v) is 4.26. The van der Waals surface area contributed by atoms with Crippen LogP contribution < -0.4 is 5.32 Å². The third-order valence-electron chi connectivity index (χ3n) is 3.00. The molecule has 0 aromatic rings. The highest BCUT2D eigenvalue weighted by Crippen LogP contribution is 2.35. The summed E-state index contributed by atoms with van der Waals surface area (Å²) >= 11 is 0. The molecule has 0 bridgehead atoms. The van der Waals surface area contributed by atoms with Crippen LogP contribution >= 0.6 is 12.4 Å². The first kappa shape index (κ1) is 9.30. The zero-order valence-corrected chi connectivity index (χ0v) is 7.44. The molecule has 0 aromatic carbocycles. The van der Waals surface area contributed by atoms with E-state index in [1.165, 1.54) is 12.8 Å². The number of aliphatic hydroxyl groups is 1. The molecule has 3 atom stereocenters. The van der Waals surface area contributed by atoms with Crippen molar-refractivity contribution in [1.29, 1.82) is 0 Å². The van der Waals surface area contributed by atoms with E-state index in [1.807, 2.05) is 0 Å². The minimum absolute atomic E-state index is 0. The van der Waals surface area contributed by atoms with Gasteiger partial charge in [0, 0.05) is 12.5 Å². The van der Waals surface area contributed by atoms with E-state index in [2.05, 4.69) is 5.32 Å². The smallest absolute Gasteiger partial charge is 0.0583 e. The average molecular weight is 178 g/mol. The van der Waals surface area contributed by atoms with Crippen LogP contribution in [0.4, 0.5) is 0 Å². The Balaban J connectivity index is 0.000000605. The Morgan fingerprint density at radius 3 is 2.73 bits per heavy atom. The molecule has 2 N–H and O–H groups in total. The molecule has 2 fully saturated rings. The number of fused-ring (bicyclic) bond motifs is 1. The zero-order valence-electron chi connectivity index (χ0n) is 6.62. The van der Waals surface area contributed by atoms with Gasteiger partial charge in [0.05, 0.1) is 6.10 Å². The zero-order chi connectivity index (χ0) is 6.97. The van der Waals surface area contributed by atoms with Gasteiger partial charge in [0.2, 0.25) is 0 Å². The second-order valence-electron chi connectivity index (χ2n) is 3.56. The Hall–Kier alpha value is 0.210. The van der Waals surface area contributed by atoms with Gasteiger partial charge in [0.25, 0.3) is 0 Å². The quantitative estimate of drug-likeness (QED) is 0.574. The summed E-state index contributed by atoms with van der Waals surface area (Å²) in [5, 5.41) is 12.8. The van der Waals surface area contributed by atoms with E-state index >= 15 is 0 Å². The maximum absolute atomic E-state index is 9.48. The van der Waals surface area contributed by atoms with Crippen molar-refractivity contribution in [2.45, 2.75) is 25.4 Å². The first-order valence-electron chi connectivity index (χ1n) is 4.26. The van der Waals surface area contributed by atoms with E-state index in [4.69, 9.17) is 0 Å². The molecule has 1 saturated heterocycles. The molecular weight excluding hydrogens is 162 g/mol. The van der Waals surface area contributed by atoms with E-state index in [0.29, 0.717) is 5.92 Å². The van der Waals surface area contributed by atoms with Gasteiger partial charge in [-0.15, -0.1) is 12.4 Å². The normalized spacial score (nSPS) is 42.8. The van der Waals surface area contributed by atoms with Gasteiger partial charge in [-0.2, -0.15) is 0 Å². The number of halogens is 1. The van der Waals surface area contributed by atoms with Crippen LogP contribution in [0.5, 0.6) is 0 Å². The number of nitrogens with one attached hydrogen (secondary N) is 1. The van der Waals surface area contributed by atoms with Crippen LogP contribution in [0.15, 0.2) is 0 Å². The van der Waals surface area contributed by atoms with E-state index < -0.39 is 0 Å². The van der Waals surface area contributed by atoms with Crippen LogP contribution in [0.2, 0.25) is 0 Å². The fourth-order valence-corrected chi connectivity index (χ4v) is 2.34. The number of aliphatic hydroxyl groups excluding tert-OH is 1. The van der Waals surface area contributed by atoms with Gasteiger partial charge in [-0.05, 0) is 31.7 Å². The SMILES string of the molecule is Cl.O[C@H]1CC[C@H]2CCNC[C@H]21. The fourth-order valence-electron chi connectivity index (χ4n) is 2.34. The Bertz CT molecular complexity index is 129. The highest BCUT2D eigenvalue weighted by atomic mass is 35.5. The molecule has 2 rings (SSSR count). The molecule has 1 heterocycles. The van der Waals surface area contributed by atoms with E-state index in [1.54, 1.807) is 0 Å². The predicted octanol–water partition coefficient (Wildman–Crippen LogP) is 0.789. The van der Waals surface area contributed by atoms with Gasteiger partial charge in [0.1, 0.15) is 0 Å². The molecule has 0 unspecified atom stereocenters. The highest BCUT2D eigenvalue weighted by Gasteiger charge is 2.35. The molecule has 0 aromatic heterocycles. The summed E-state index contributed by atoms with van der Waals surface area (Å²) < 4.78 is 0. The van der Waals surface area contributed by atoms with Crippen molar-refractivity contribution in [2.24, 2.45) is 11.8 Å². The Morgan fingerprint density at radius 2 is 2.00 bits per heavy atom. The monoisotopic (exact) mass is 177 g/mol. The van der Waals surface area contributed by atoms with E-state index in [-0.39, 0.29) is 18.5 Å². The van der Waals surface area contributed by atoms with Crippen molar-refractivity contribution in [3.05, 3.63) is 0 Å². The molecule has 0 amide bonds. The molecular formula is C8H16ClNO. The van der Waals surface area contributed by atoms with Gasteiger partial charge >= 0.3 is 0 Å². The fraction of sp³-hybridized carbons (Fsp3) is 1.00. The summed E-state index contributed by atoms with van der Waals surface area (Å²) in [5.74, 6) is 1.41. The van der Waals surface area contributed by atoms with Gasteiger partial charge in [0.15, 0.2) is 0 Å². The van der Waals surface area contributed by atoms with E-state index in [0.717, 1.165) is 25.4 Å². The van der Waals surface area contributed by atoms with E-state index in [9.17, 15) is 5.11 Å². The second kappa shape index (κ2) is 3.74. The minimum atomic E-state index is -0.00204. The minimum Gasteiger partial charge on any atom is -0.393 e. The van der Waals surface area contributed by atoms with Gasteiger partial charge in [-0.3, -0.25) is 0 Å². The number of rotatable bonds is 0. The third-order valence-corrected chi connectivity index (χ3v) is 3.00. The van der Waals surface area contributed by atoms with Crippen LogP contribution in [-0.4, -0.2) is 24.3 Å². The van der Waals surface area contributed by atoms with Crippen molar-refractivity contribution in [3.8, 4) is 0 Å². The number of hydrogen-bond acceptors (Lipinski definition) is 2. The van der Waals surface area contributed by atoms with Gasteiger partial charge in [-0.1, -0.05) is 0 Å². The third kappa shape index (κ3) is 1.68. The van der Waals surface area contributed by atoms with Crippen molar-refractivity contribution >= 4 is 12.4 Å². The van der Waals surface area contributed by atoms with Crippen LogP contribution in [0.1, 0.15) is 19.3 Å². The Kier molecular flexibility index (Phi) is 3.16. The molecule has 1 aliphatic carbocycles. The number of hydrogen-bond donors (Lipinski definition) is 2. The van der Waals surface area contributed by atoms with Gasteiger partial charge < -0.3 is 10.4 Å².